The van der Waals surface area contributed by atoms with Crippen LogP contribution in [0.1, 0.15) is 16.2 Å². The van der Waals surface area contributed by atoms with E-state index in [2.05, 4.69) is 10.4 Å². The van der Waals surface area contributed by atoms with Gasteiger partial charge in [0.2, 0.25) is 0 Å². The molecule has 3 heterocycles. The number of hydrogen-bond acceptors (Lipinski definition) is 3. The molecule has 0 bridgehead atoms. The Morgan fingerprint density at radius 2 is 2.00 bits per heavy atom. The number of benzene rings is 1. The molecule has 0 spiro atoms. The van der Waals surface area contributed by atoms with Crippen LogP contribution in [0.25, 0.3) is 17.1 Å². The minimum absolute atomic E-state index is 0.276. The van der Waals surface area contributed by atoms with Crippen LogP contribution >= 0.6 is 23.2 Å². The number of carbonyl (C=O) groups is 1. The molecular formula is C20H16Cl2N4O2. The van der Waals surface area contributed by atoms with E-state index >= 15 is 0 Å². The van der Waals surface area contributed by atoms with Crippen molar-refractivity contribution in [3.63, 3.8) is 0 Å². The lowest BCUT2D eigenvalue weighted by Crippen LogP contribution is -2.25. The summed E-state index contributed by atoms with van der Waals surface area (Å²) in [6, 6.07) is 14.3. The van der Waals surface area contributed by atoms with Crippen molar-refractivity contribution in [3.8, 4) is 17.1 Å². The number of rotatable bonds is 5. The number of hydrogen-bond donors (Lipinski definition) is 1. The second kappa shape index (κ2) is 7.58. The van der Waals surface area contributed by atoms with Crippen molar-refractivity contribution in [2.24, 2.45) is 7.05 Å². The molecule has 0 atom stereocenters. The number of carbonyl (C=O) groups excluding carboxylic acids is 1. The standard InChI is InChI=1S/C20H16Cl2N4O2/c1-25-8-2-5-18(25)17-11-19(20(27)23-12-14-4-3-9-28-14)26(24-17)13-6-7-15(21)16(22)10-13/h2-11H,12H2,1H3,(H,23,27). The predicted octanol–water partition coefficient (Wildman–Crippen LogP) is 4.71. The Bertz CT molecular complexity index is 1130. The van der Waals surface area contributed by atoms with E-state index in [1.54, 1.807) is 47.3 Å². The fourth-order valence-electron chi connectivity index (χ4n) is 2.88. The molecule has 0 saturated heterocycles. The van der Waals surface area contributed by atoms with Crippen molar-refractivity contribution < 1.29 is 9.21 Å². The molecule has 1 aromatic carbocycles. The molecule has 0 radical (unpaired) electrons. The molecule has 0 unspecified atom stereocenters. The molecule has 142 valence electrons. The summed E-state index contributed by atoms with van der Waals surface area (Å²) in [6.45, 7) is 0.276. The van der Waals surface area contributed by atoms with Crippen molar-refractivity contribution in [2.45, 2.75) is 6.54 Å². The highest BCUT2D eigenvalue weighted by Gasteiger charge is 2.19. The number of aromatic nitrogens is 3. The average molecular weight is 415 g/mol. The Labute approximate surface area is 171 Å². The maximum Gasteiger partial charge on any atom is 0.270 e. The van der Waals surface area contributed by atoms with E-state index in [0.29, 0.717) is 32.9 Å². The van der Waals surface area contributed by atoms with Crippen LogP contribution in [0.5, 0.6) is 0 Å². The molecule has 1 N–H and O–H groups in total. The van der Waals surface area contributed by atoms with Crippen molar-refractivity contribution in [1.82, 2.24) is 19.7 Å². The summed E-state index contributed by atoms with van der Waals surface area (Å²) in [4.78, 5) is 12.9. The molecule has 4 rings (SSSR count). The van der Waals surface area contributed by atoms with Gasteiger partial charge in [-0.1, -0.05) is 23.2 Å². The van der Waals surface area contributed by atoms with E-state index < -0.39 is 0 Å². The van der Waals surface area contributed by atoms with Gasteiger partial charge in [-0.15, -0.1) is 0 Å². The van der Waals surface area contributed by atoms with Gasteiger partial charge in [0.25, 0.3) is 5.91 Å². The van der Waals surface area contributed by atoms with E-state index in [1.165, 1.54) is 0 Å². The Hall–Kier alpha value is -2.96. The average Bonchev–Trinajstić information content (AvgIpc) is 3.42. The fourth-order valence-corrected chi connectivity index (χ4v) is 3.17. The minimum atomic E-state index is -0.282. The van der Waals surface area contributed by atoms with Crippen LogP contribution in [0.2, 0.25) is 10.0 Å². The van der Waals surface area contributed by atoms with E-state index in [4.69, 9.17) is 27.6 Å². The number of aryl methyl sites for hydroxylation is 1. The quantitative estimate of drug-likeness (QED) is 0.514. The van der Waals surface area contributed by atoms with Crippen molar-refractivity contribution in [2.75, 3.05) is 0 Å². The first-order valence-corrected chi connectivity index (χ1v) is 9.26. The first-order valence-electron chi connectivity index (χ1n) is 8.50. The Balaban J connectivity index is 1.74. The molecule has 3 aromatic heterocycles. The van der Waals surface area contributed by atoms with Crippen molar-refractivity contribution in [3.05, 3.63) is 82.5 Å². The molecule has 4 aromatic rings. The third kappa shape index (κ3) is 3.56. The maximum absolute atomic E-state index is 12.9. The van der Waals surface area contributed by atoms with Gasteiger partial charge in [0.15, 0.2) is 0 Å². The van der Waals surface area contributed by atoms with E-state index in [0.717, 1.165) is 5.69 Å². The fraction of sp³-hybridized carbons (Fsp3) is 0.100. The van der Waals surface area contributed by atoms with Gasteiger partial charge < -0.3 is 14.3 Å². The summed E-state index contributed by atoms with van der Waals surface area (Å²) in [6.07, 6.45) is 3.49. The molecule has 0 aliphatic carbocycles. The summed E-state index contributed by atoms with van der Waals surface area (Å²) < 4.78 is 8.76. The summed E-state index contributed by atoms with van der Waals surface area (Å²) in [7, 11) is 1.92. The van der Waals surface area contributed by atoms with Gasteiger partial charge in [0.1, 0.15) is 17.1 Å². The lowest BCUT2D eigenvalue weighted by atomic mass is 10.2. The zero-order chi connectivity index (χ0) is 19.7. The molecule has 0 saturated carbocycles. The van der Waals surface area contributed by atoms with Gasteiger partial charge in [-0.25, -0.2) is 4.68 Å². The normalized spacial score (nSPS) is 11.0. The topological polar surface area (TPSA) is 65.0 Å². The SMILES string of the molecule is Cn1cccc1-c1cc(C(=O)NCc2ccco2)n(-c2ccc(Cl)c(Cl)c2)n1. The number of nitrogens with one attached hydrogen (secondary N) is 1. The van der Waals surface area contributed by atoms with Crippen LogP contribution in [0.4, 0.5) is 0 Å². The summed E-state index contributed by atoms with van der Waals surface area (Å²) in [5, 5.41) is 8.30. The van der Waals surface area contributed by atoms with Crippen LogP contribution in [-0.2, 0) is 13.6 Å². The molecule has 0 aliphatic rings. The zero-order valence-electron chi connectivity index (χ0n) is 14.9. The molecule has 28 heavy (non-hydrogen) atoms. The maximum atomic E-state index is 12.9. The van der Waals surface area contributed by atoms with Gasteiger partial charge in [-0.05, 0) is 48.5 Å². The van der Waals surface area contributed by atoms with Crippen molar-refractivity contribution >= 4 is 29.1 Å². The van der Waals surface area contributed by atoms with Gasteiger partial charge in [-0.2, -0.15) is 5.10 Å². The monoisotopic (exact) mass is 414 g/mol. The van der Waals surface area contributed by atoms with Gasteiger partial charge in [-0.3, -0.25) is 4.79 Å². The Morgan fingerprint density at radius 1 is 1.14 bits per heavy atom. The molecule has 8 heteroatoms. The Kier molecular flexibility index (Phi) is 4.98. The van der Waals surface area contributed by atoms with E-state index in [-0.39, 0.29) is 12.5 Å². The lowest BCUT2D eigenvalue weighted by Gasteiger charge is -2.08. The minimum Gasteiger partial charge on any atom is -0.467 e. The number of amides is 1. The van der Waals surface area contributed by atoms with E-state index in [9.17, 15) is 4.79 Å². The predicted molar refractivity (Wildman–Crippen MR) is 108 cm³/mol. The first kappa shape index (κ1) is 18.4. The van der Waals surface area contributed by atoms with Crippen LogP contribution in [0.15, 0.2) is 65.4 Å². The number of furan rings is 1. The van der Waals surface area contributed by atoms with Gasteiger partial charge >= 0.3 is 0 Å². The second-order valence-electron chi connectivity index (χ2n) is 6.19. The largest absolute Gasteiger partial charge is 0.467 e. The Morgan fingerprint density at radius 3 is 2.68 bits per heavy atom. The van der Waals surface area contributed by atoms with Crippen LogP contribution in [0, 0.1) is 0 Å². The summed E-state index contributed by atoms with van der Waals surface area (Å²) in [5.41, 5.74) is 2.57. The summed E-state index contributed by atoms with van der Waals surface area (Å²) >= 11 is 12.2. The lowest BCUT2D eigenvalue weighted by molar-refractivity contribution is 0.0940. The zero-order valence-corrected chi connectivity index (χ0v) is 16.4. The molecule has 1 amide bonds. The van der Waals surface area contributed by atoms with Crippen molar-refractivity contribution in [1.29, 1.82) is 0 Å². The third-order valence-corrected chi connectivity index (χ3v) is 5.04. The van der Waals surface area contributed by atoms with Gasteiger partial charge in [0.05, 0.1) is 34.2 Å². The third-order valence-electron chi connectivity index (χ3n) is 4.30. The van der Waals surface area contributed by atoms with Crippen LogP contribution < -0.4 is 5.32 Å². The second-order valence-corrected chi connectivity index (χ2v) is 7.01. The van der Waals surface area contributed by atoms with Gasteiger partial charge in [0, 0.05) is 13.2 Å². The van der Waals surface area contributed by atoms with Crippen LogP contribution in [0.3, 0.4) is 0 Å². The molecule has 0 aliphatic heterocycles. The molecule has 0 fully saturated rings. The molecule has 6 nitrogen and oxygen atoms in total. The highest BCUT2D eigenvalue weighted by Crippen LogP contribution is 2.27. The highest BCUT2D eigenvalue weighted by molar-refractivity contribution is 6.42. The molecular weight excluding hydrogens is 399 g/mol. The summed E-state index contributed by atoms with van der Waals surface area (Å²) in [5.74, 6) is 0.382. The van der Waals surface area contributed by atoms with Crippen LogP contribution in [-0.4, -0.2) is 20.3 Å². The smallest absolute Gasteiger partial charge is 0.270 e. The highest BCUT2D eigenvalue weighted by atomic mass is 35.5. The first-order chi connectivity index (χ1) is 13.5. The number of halogens is 2. The number of nitrogens with zero attached hydrogens (tertiary/aromatic N) is 3. The van der Waals surface area contributed by atoms with E-state index in [1.807, 2.05) is 29.9 Å².